The summed E-state index contributed by atoms with van der Waals surface area (Å²) in [5.41, 5.74) is 5.65. The molecular formula is C12H22N4. The SMILES string of the molecule is CC(C)Cc1nc2n(n1)CCCC2CCN. The zero-order valence-corrected chi connectivity index (χ0v) is 10.3. The van der Waals surface area contributed by atoms with Crippen LogP contribution in [0.15, 0.2) is 0 Å². The number of fused-ring (bicyclic) bond motifs is 1. The molecule has 1 aromatic heterocycles. The first-order valence-electron chi connectivity index (χ1n) is 6.34. The van der Waals surface area contributed by atoms with Crippen LogP contribution < -0.4 is 5.73 Å². The third-order valence-electron chi connectivity index (χ3n) is 3.14. The average Bonchev–Trinajstić information content (AvgIpc) is 2.60. The summed E-state index contributed by atoms with van der Waals surface area (Å²) >= 11 is 0. The summed E-state index contributed by atoms with van der Waals surface area (Å²) < 4.78 is 2.10. The lowest BCUT2D eigenvalue weighted by molar-refractivity contribution is 0.402. The van der Waals surface area contributed by atoms with Crippen molar-refractivity contribution in [1.82, 2.24) is 14.8 Å². The van der Waals surface area contributed by atoms with E-state index < -0.39 is 0 Å². The topological polar surface area (TPSA) is 56.7 Å². The molecule has 0 aliphatic carbocycles. The van der Waals surface area contributed by atoms with Gasteiger partial charge in [-0.25, -0.2) is 9.67 Å². The molecule has 2 rings (SSSR count). The Morgan fingerprint density at radius 3 is 3.00 bits per heavy atom. The van der Waals surface area contributed by atoms with E-state index in [0.29, 0.717) is 11.8 Å². The van der Waals surface area contributed by atoms with Crippen LogP contribution in [0.4, 0.5) is 0 Å². The van der Waals surface area contributed by atoms with E-state index in [1.165, 1.54) is 18.7 Å². The van der Waals surface area contributed by atoms with E-state index in [1.807, 2.05) is 0 Å². The van der Waals surface area contributed by atoms with E-state index in [0.717, 1.165) is 31.8 Å². The molecule has 0 fully saturated rings. The van der Waals surface area contributed by atoms with Crippen molar-refractivity contribution in [2.75, 3.05) is 6.54 Å². The van der Waals surface area contributed by atoms with Gasteiger partial charge in [0.1, 0.15) is 5.82 Å². The van der Waals surface area contributed by atoms with Crippen LogP contribution in [0.3, 0.4) is 0 Å². The van der Waals surface area contributed by atoms with Crippen LogP contribution in [0.2, 0.25) is 0 Å². The molecule has 0 saturated carbocycles. The molecule has 1 aliphatic rings. The van der Waals surface area contributed by atoms with Gasteiger partial charge in [0.05, 0.1) is 0 Å². The van der Waals surface area contributed by atoms with E-state index in [2.05, 4.69) is 28.6 Å². The fourth-order valence-corrected chi connectivity index (χ4v) is 2.41. The molecule has 0 aromatic carbocycles. The van der Waals surface area contributed by atoms with Crippen molar-refractivity contribution in [1.29, 1.82) is 0 Å². The van der Waals surface area contributed by atoms with Crippen LogP contribution in [-0.4, -0.2) is 21.3 Å². The minimum absolute atomic E-state index is 0.534. The lowest BCUT2D eigenvalue weighted by Gasteiger charge is -2.21. The fourth-order valence-electron chi connectivity index (χ4n) is 2.41. The normalized spacial score (nSPS) is 20.1. The van der Waals surface area contributed by atoms with Crippen LogP contribution in [-0.2, 0) is 13.0 Å². The molecule has 0 radical (unpaired) electrons. The van der Waals surface area contributed by atoms with Gasteiger partial charge in [0, 0.05) is 18.9 Å². The van der Waals surface area contributed by atoms with Gasteiger partial charge < -0.3 is 5.73 Å². The first-order chi connectivity index (χ1) is 7.70. The van der Waals surface area contributed by atoms with Crippen molar-refractivity contribution in [3.63, 3.8) is 0 Å². The highest BCUT2D eigenvalue weighted by Crippen LogP contribution is 2.28. The third kappa shape index (κ3) is 2.43. The predicted octanol–water partition coefficient (Wildman–Crippen LogP) is 1.70. The number of rotatable bonds is 4. The smallest absolute Gasteiger partial charge is 0.151 e. The molecule has 1 aliphatic heterocycles. The number of aryl methyl sites for hydroxylation is 1. The minimum Gasteiger partial charge on any atom is -0.330 e. The second kappa shape index (κ2) is 4.95. The number of hydrogen-bond acceptors (Lipinski definition) is 3. The summed E-state index contributed by atoms with van der Waals surface area (Å²) in [6.07, 6.45) is 4.45. The Morgan fingerprint density at radius 2 is 2.31 bits per heavy atom. The summed E-state index contributed by atoms with van der Waals surface area (Å²) in [5.74, 6) is 3.34. The molecule has 4 nitrogen and oxygen atoms in total. The van der Waals surface area contributed by atoms with Crippen LogP contribution in [0.5, 0.6) is 0 Å². The Bertz CT molecular complexity index is 343. The van der Waals surface area contributed by atoms with Crippen molar-refractivity contribution in [2.45, 2.75) is 52.0 Å². The summed E-state index contributed by atoms with van der Waals surface area (Å²) in [7, 11) is 0. The van der Waals surface area contributed by atoms with E-state index in [-0.39, 0.29) is 0 Å². The second-order valence-corrected chi connectivity index (χ2v) is 5.12. The molecular weight excluding hydrogens is 200 g/mol. The molecule has 1 aromatic rings. The zero-order chi connectivity index (χ0) is 11.5. The lowest BCUT2D eigenvalue weighted by Crippen LogP contribution is -2.19. The van der Waals surface area contributed by atoms with Crippen molar-refractivity contribution in [3.8, 4) is 0 Å². The molecule has 4 heteroatoms. The van der Waals surface area contributed by atoms with Gasteiger partial charge in [0.2, 0.25) is 0 Å². The first-order valence-corrected chi connectivity index (χ1v) is 6.34. The maximum absolute atomic E-state index is 5.65. The van der Waals surface area contributed by atoms with Gasteiger partial charge >= 0.3 is 0 Å². The van der Waals surface area contributed by atoms with Crippen LogP contribution >= 0.6 is 0 Å². The van der Waals surface area contributed by atoms with Crippen molar-refractivity contribution in [2.24, 2.45) is 11.7 Å². The number of hydrogen-bond donors (Lipinski definition) is 1. The second-order valence-electron chi connectivity index (χ2n) is 5.12. The van der Waals surface area contributed by atoms with E-state index in [4.69, 9.17) is 5.73 Å². The molecule has 0 amide bonds. The maximum atomic E-state index is 5.65. The highest BCUT2D eigenvalue weighted by Gasteiger charge is 2.23. The van der Waals surface area contributed by atoms with Crippen molar-refractivity contribution < 1.29 is 0 Å². The molecule has 1 atom stereocenters. The zero-order valence-electron chi connectivity index (χ0n) is 10.3. The average molecular weight is 222 g/mol. The fraction of sp³-hybridized carbons (Fsp3) is 0.833. The lowest BCUT2D eigenvalue weighted by atomic mass is 9.96. The summed E-state index contributed by atoms with van der Waals surface area (Å²) in [6, 6.07) is 0. The summed E-state index contributed by atoms with van der Waals surface area (Å²) in [6.45, 7) is 6.19. The highest BCUT2D eigenvalue weighted by atomic mass is 15.4. The quantitative estimate of drug-likeness (QED) is 0.843. The Labute approximate surface area is 97.2 Å². The summed E-state index contributed by atoms with van der Waals surface area (Å²) in [5, 5.41) is 4.59. The van der Waals surface area contributed by atoms with Gasteiger partial charge in [-0.3, -0.25) is 0 Å². The van der Waals surface area contributed by atoms with Crippen molar-refractivity contribution in [3.05, 3.63) is 11.6 Å². The summed E-state index contributed by atoms with van der Waals surface area (Å²) in [4.78, 5) is 4.69. The Hall–Kier alpha value is -0.900. The van der Waals surface area contributed by atoms with Gasteiger partial charge in [-0.2, -0.15) is 5.10 Å². The monoisotopic (exact) mass is 222 g/mol. The van der Waals surface area contributed by atoms with Crippen LogP contribution in [0.25, 0.3) is 0 Å². The molecule has 16 heavy (non-hydrogen) atoms. The third-order valence-corrected chi connectivity index (χ3v) is 3.14. The minimum atomic E-state index is 0.534. The first kappa shape index (κ1) is 11.6. The number of nitrogens with two attached hydrogens (primary N) is 1. The van der Waals surface area contributed by atoms with E-state index in [9.17, 15) is 0 Å². The van der Waals surface area contributed by atoms with E-state index >= 15 is 0 Å². The van der Waals surface area contributed by atoms with Gasteiger partial charge in [-0.1, -0.05) is 13.8 Å². The van der Waals surface area contributed by atoms with Gasteiger partial charge in [0.15, 0.2) is 5.82 Å². The Balaban J connectivity index is 2.17. The molecule has 1 unspecified atom stereocenters. The highest BCUT2D eigenvalue weighted by molar-refractivity contribution is 5.03. The Morgan fingerprint density at radius 1 is 1.50 bits per heavy atom. The maximum Gasteiger partial charge on any atom is 0.151 e. The van der Waals surface area contributed by atoms with Crippen LogP contribution in [0.1, 0.15) is 50.7 Å². The Kier molecular flexibility index (Phi) is 3.59. The largest absolute Gasteiger partial charge is 0.330 e. The molecule has 90 valence electrons. The predicted molar refractivity (Wildman–Crippen MR) is 64.2 cm³/mol. The van der Waals surface area contributed by atoms with Gasteiger partial charge in [0.25, 0.3) is 0 Å². The molecule has 2 N–H and O–H groups in total. The molecule has 0 saturated heterocycles. The number of nitrogens with zero attached hydrogens (tertiary/aromatic N) is 3. The molecule has 0 bridgehead atoms. The van der Waals surface area contributed by atoms with E-state index in [1.54, 1.807) is 0 Å². The molecule has 2 heterocycles. The van der Waals surface area contributed by atoms with Crippen molar-refractivity contribution >= 4 is 0 Å². The van der Waals surface area contributed by atoms with Gasteiger partial charge in [-0.05, 0) is 31.7 Å². The van der Waals surface area contributed by atoms with Gasteiger partial charge in [-0.15, -0.1) is 0 Å². The van der Waals surface area contributed by atoms with Crippen LogP contribution in [0, 0.1) is 5.92 Å². The molecule has 0 spiro atoms. The number of aromatic nitrogens is 3. The standard InChI is InChI=1S/C12H22N4/c1-9(2)8-11-14-12-10(5-6-13)4-3-7-16(12)15-11/h9-10H,3-8,13H2,1-2H3.